The number of carbonyl (C=O) groups excluding carboxylic acids is 1. The van der Waals surface area contributed by atoms with E-state index in [9.17, 15) is 18.0 Å². The highest BCUT2D eigenvalue weighted by molar-refractivity contribution is 5.78. The van der Waals surface area contributed by atoms with Crippen molar-refractivity contribution >= 4 is 6.29 Å². The molecule has 140 valence electrons. The molecule has 3 aromatic rings. The molecule has 3 rings (SSSR count). The number of H-pyrrole nitrogens is 1. The van der Waals surface area contributed by atoms with Gasteiger partial charge in [-0.15, -0.1) is 0 Å². The molecule has 0 aliphatic carbocycles. The first-order chi connectivity index (χ1) is 13.0. The molecule has 3 aromatic heterocycles. The summed E-state index contributed by atoms with van der Waals surface area (Å²) in [5.41, 5.74) is 2.32. The predicted molar refractivity (Wildman–Crippen MR) is 90.2 cm³/mol. The van der Waals surface area contributed by atoms with E-state index in [2.05, 4.69) is 20.2 Å². The van der Waals surface area contributed by atoms with Crippen LogP contribution in [0.5, 0.6) is 5.75 Å². The van der Waals surface area contributed by atoms with Gasteiger partial charge in [-0.3, -0.25) is 19.9 Å². The van der Waals surface area contributed by atoms with Crippen molar-refractivity contribution in [1.82, 2.24) is 20.2 Å². The van der Waals surface area contributed by atoms with Crippen LogP contribution in [-0.4, -0.2) is 32.6 Å². The molecule has 6 nitrogen and oxygen atoms in total. The van der Waals surface area contributed by atoms with E-state index in [-0.39, 0.29) is 13.0 Å². The largest absolute Gasteiger partial charge is 0.486 e. The fourth-order valence-electron chi connectivity index (χ4n) is 2.44. The van der Waals surface area contributed by atoms with E-state index in [0.29, 0.717) is 40.2 Å². The van der Waals surface area contributed by atoms with Gasteiger partial charge in [0.15, 0.2) is 6.29 Å². The van der Waals surface area contributed by atoms with Crippen LogP contribution in [0.3, 0.4) is 0 Å². The highest BCUT2D eigenvalue weighted by atomic mass is 19.4. The van der Waals surface area contributed by atoms with Gasteiger partial charge in [-0.1, -0.05) is 6.07 Å². The Morgan fingerprint density at radius 3 is 2.85 bits per heavy atom. The smallest absolute Gasteiger partial charge is 0.389 e. The maximum absolute atomic E-state index is 12.4. The van der Waals surface area contributed by atoms with Gasteiger partial charge in [-0.2, -0.15) is 18.3 Å². The molecule has 0 fully saturated rings. The van der Waals surface area contributed by atoms with Crippen LogP contribution in [-0.2, 0) is 13.0 Å². The summed E-state index contributed by atoms with van der Waals surface area (Å²) in [5, 5.41) is 6.67. The first-order valence-electron chi connectivity index (χ1n) is 8.03. The van der Waals surface area contributed by atoms with Crippen molar-refractivity contribution in [2.24, 2.45) is 0 Å². The number of ether oxygens (including phenoxy) is 1. The normalized spacial score (nSPS) is 11.4. The molecule has 0 saturated carbocycles. The number of aromatic nitrogens is 4. The number of hydrogen-bond acceptors (Lipinski definition) is 5. The van der Waals surface area contributed by atoms with Crippen LogP contribution in [0.15, 0.2) is 42.9 Å². The number of aldehydes is 1. The summed E-state index contributed by atoms with van der Waals surface area (Å²) in [7, 11) is 0. The minimum absolute atomic E-state index is 0.0977. The molecule has 9 heteroatoms. The van der Waals surface area contributed by atoms with Gasteiger partial charge in [0.2, 0.25) is 0 Å². The standard InChI is InChI=1S/C18H15F3N4O2/c19-18(20,21)5-3-14-8-15(25-24-14)17-13(2-1-6-23-17)11-27-16-9-22-7-4-12(16)10-26/h1-2,4,6-10H,3,5,11H2,(H,24,25). The summed E-state index contributed by atoms with van der Waals surface area (Å²) < 4.78 is 42.8. The molecule has 0 saturated heterocycles. The SMILES string of the molecule is O=Cc1ccncc1OCc1cccnc1-c1cc(CCC(F)(F)F)[nH]n1. The topological polar surface area (TPSA) is 80.8 Å². The average Bonchev–Trinajstić information content (AvgIpc) is 3.13. The number of aromatic amines is 1. The summed E-state index contributed by atoms with van der Waals surface area (Å²) in [4.78, 5) is 19.2. The first-order valence-corrected chi connectivity index (χ1v) is 8.03. The third-order valence-electron chi connectivity index (χ3n) is 3.77. The summed E-state index contributed by atoms with van der Waals surface area (Å²) in [5.74, 6) is 0.329. The molecule has 3 heterocycles. The number of hydrogen-bond donors (Lipinski definition) is 1. The number of carbonyl (C=O) groups is 1. The Bertz CT molecular complexity index is 925. The molecule has 0 amide bonds. The second-order valence-electron chi connectivity index (χ2n) is 5.72. The summed E-state index contributed by atoms with van der Waals surface area (Å²) in [6, 6.07) is 6.55. The zero-order valence-corrected chi connectivity index (χ0v) is 14.0. The van der Waals surface area contributed by atoms with Crippen molar-refractivity contribution in [3.05, 3.63) is 59.7 Å². The van der Waals surface area contributed by atoms with E-state index < -0.39 is 12.6 Å². The second kappa shape index (κ2) is 7.98. The Kier molecular flexibility index (Phi) is 5.49. The maximum Gasteiger partial charge on any atom is 0.389 e. The van der Waals surface area contributed by atoms with Crippen LogP contribution in [0.1, 0.15) is 28.0 Å². The third-order valence-corrected chi connectivity index (χ3v) is 3.77. The number of pyridine rings is 2. The molecule has 1 N–H and O–H groups in total. The molecule has 0 atom stereocenters. The molecule has 0 unspecified atom stereocenters. The predicted octanol–water partition coefficient (Wildman–Crippen LogP) is 3.75. The van der Waals surface area contributed by atoms with Crippen LogP contribution in [0.4, 0.5) is 13.2 Å². The molecule has 0 bridgehead atoms. The minimum Gasteiger partial charge on any atom is -0.486 e. The zero-order chi connectivity index (χ0) is 19.3. The lowest BCUT2D eigenvalue weighted by Crippen LogP contribution is -2.08. The Labute approximate surface area is 152 Å². The number of halogens is 3. The van der Waals surface area contributed by atoms with Gasteiger partial charge in [-0.25, -0.2) is 0 Å². The van der Waals surface area contributed by atoms with Crippen molar-refractivity contribution in [3.8, 4) is 17.1 Å². The summed E-state index contributed by atoms with van der Waals surface area (Å²) >= 11 is 0. The monoisotopic (exact) mass is 376 g/mol. The van der Waals surface area contributed by atoms with Crippen LogP contribution in [0.2, 0.25) is 0 Å². The van der Waals surface area contributed by atoms with Crippen molar-refractivity contribution < 1.29 is 22.7 Å². The van der Waals surface area contributed by atoms with Crippen LogP contribution >= 0.6 is 0 Å². The Hall–Kier alpha value is -3.23. The van der Waals surface area contributed by atoms with E-state index in [0.717, 1.165) is 0 Å². The van der Waals surface area contributed by atoms with Gasteiger partial charge in [0.1, 0.15) is 18.1 Å². The van der Waals surface area contributed by atoms with Gasteiger partial charge in [0.25, 0.3) is 0 Å². The van der Waals surface area contributed by atoms with Gasteiger partial charge >= 0.3 is 6.18 Å². The maximum atomic E-state index is 12.4. The van der Waals surface area contributed by atoms with E-state index in [4.69, 9.17) is 4.74 Å². The number of nitrogens with one attached hydrogen (secondary N) is 1. The lowest BCUT2D eigenvalue weighted by Gasteiger charge is -2.10. The molecule has 0 radical (unpaired) electrons. The molecule has 27 heavy (non-hydrogen) atoms. The van der Waals surface area contributed by atoms with Gasteiger partial charge in [0, 0.05) is 30.1 Å². The number of rotatable bonds is 7. The lowest BCUT2D eigenvalue weighted by atomic mass is 10.1. The molecule has 0 aliphatic heterocycles. The molecule has 0 spiro atoms. The minimum atomic E-state index is -4.23. The second-order valence-corrected chi connectivity index (χ2v) is 5.72. The fraction of sp³-hybridized carbons (Fsp3) is 0.222. The molecular formula is C18H15F3N4O2. The molecular weight excluding hydrogens is 361 g/mol. The number of alkyl halides is 3. The quantitative estimate of drug-likeness (QED) is 0.635. The van der Waals surface area contributed by atoms with Crippen molar-refractivity contribution in [2.75, 3.05) is 0 Å². The van der Waals surface area contributed by atoms with E-state index in [1.807, 2.05) is 0 Å². The van der Waals surface area contributed by atoms with Crippen molar-refractivity contribution in [2.45, 2.75) is 25.6 Å². The molecule has 0 aliphatic rings. The van der Waals surface area contributed by atoms with Crippen molar-refractivity contribution in [1.29, 1.82) is 0 Å². The van der Waals surface area contributed by atoms with Gasteiger partial charge in [-0.05, 0) is 24.6 Å². The first kappa shape index (κ1) is 18.6. The van der Waals surface area contributed by atoms with E-state index >= 15 is 0 Å². The highest BCUT2D eigenvalue weighted by Crippen LogP contribution is 2.25. The zero-order valence-electron chi connectivity index (χ0n) is 14.0. The molecule has 0 aromatic carbocycles. The summed E-state index contributed by atoms with van der Waals surface area (Å²) in [6.45, 7) is 0.0977. The van der Waals surface area contributed by atoms with Crippen molar-refractivity contribution in [3.63, 3.8) is 0 Å². The fourth-order valence-corrected chi connectivity index (χ4v) is 2.44. The van der Waals surface area contributed by atoms with E-state index in [1.165, 1.54) is 18.5 Å². The lowest BCUT2D eigenvalue weighted by molar-refractivity contribution is -0.134. The third kappa shape index (κ3) is 4.90. The Balaban J connectivity index is 1.76. The number of aryl methyl sites for hydroxylation is 1. The Morgan fingerprint density at radius 2 is 2.07 bits per heavy atom. The Morgan fingerprint density at radius 1 is 1.22 bits per heavy atom. The highest BCUT2D eigenvalue weighted by Gasteiger charge is 2.27. The van der Waals surface area contributed by atoms with Gasteiger partial charge < -0.3 is 4.74 Å². The van der Waals surface area contributed by atoms with Crippen LogP contribution < -0.4 is 4.74 Å². The number of nitrogens with zero attached hydrogens (tertiary/aromatic N) is 3. The van der Waals surface area contributed by atoms with Crippen LogP contribution in [0, 0.1) is 0 Å². The summed E-state index contributed by atoms with van der Waals surface area (Å²) in [6.07, 6.45) is -0.196. The van der Waals surface area contributed by atoms with E-state index in [1.54, 1.807) is 24.4 Å². The average molecular weight is 376 g/mol. The van der Waals surface area contributed by atoms with Gasteiger partial charge in [0.05, 0.1) is 17.5 Å². The van der Waals surface area contributed by atoms with Crippen LogP contribution in [0.25, 0.3) is 11.4 Å².